The fourth-order valence-electron chi connectivity index (χ4n) is 5.82. The van der Waals surface area contributed by atoms with Gasteiger partial charge in [-0.15, -0.1) is 0 Å². The Hall–Kier alpha value is -6.22. The van der Waals surface area contributed by atoms with Crippen molar-refractivity contribution in [3.05, 3.63) is 125 Å². The van der Waals surface area contributed by atoms with Crippen molar-refractivity contribution in [2.24, 2.45) is 5.41 Å². The van der Waals surface area contributed by atoms with E-state index in [1.807, 2.05) is 80.6 Å². The Morgan fingerprint density at radius 2 is 1.39 bits per heavy atom. The van der Waals surface area contributed by atoms with E-state index in [1.165, 1.54) is 0 Å². The first-order valence-corrected chi connectivity index (χ1v) is 18.4. The third-order valence-corrected chi connectivity index (χ3v) is 9.34. The number of hydrogen-bond acceptors (Lipinski definition) is 9. The summed E-state index contributed by atoms with van der Waals surface area (Å²) in [7, 11) is 0. The minimum atomic E-state index is -4.61. The van der Waals surface area contributed by atoms with Crippen LogP contribution in [-0.4, -0.2) is 58.5 Å². The lowest BCUT2D eigenvalue weighted by Gasteiger charge is -2.25. The molecule has 6 rings (SSSR count). The number of carbonyl (C=O) groups excluding carboxylic acids is 3. The molecular formula is C41H40ClF3N8O4. The molecule has 1 fully saturated rings. The lowest BCUT2D eigenvalue weighted by Crippen LogP contribution is -2.46. The first kappa shape index (κ1) is 40.4. The van der Waals surface area contributed by atoms with Gasteiger partial charge in [-0.25, -0.2) is 0 Å². The highest BCUT2D eigenvalue weighted by molar-refractivity contribution is 6.35. The van der Waals surface area contributed by atoms with Crippen LogP contribution in [0.3, 0.4) is 0 Å². The summed E-state index contributed by atoms with van der Waals surface area (Å²) in [4.78, 5) is 50.8. The van der Waals surface area contributed by atoms with Crippen molar-refractivity contribution < 1.29 is 32.3 Å². The molecule has 0 bridgehead atoms. The number of nitrogens with zero attached hydrogens (tertiary/aromatic N) is 3. The number of carbonyl (C=O) groups is 3. The number of rotatable bonds is 15. The molecule has 1 aromatic heterocycles. The number of aromatic nitrogens is 3. The maximum atomic E-state index is 13.0. The lowest BCUT2D eigenvalue weighted by atomic mass is 9.93. The van der Waals surface area contributed by atoms with Crippen molar-refractivity contribution >= 4 is 46.9 Å². The Morgan fingerprint density at radius 3 is 2.07 bits per heavy atom. The molecule has 0 radical (unpaired) electrons. The van der Waals surface area contributed by atoms with Crippen LogP contribution >= 0.6 is 11.6 Å². The molecule has 1 aliphatic carbocycles. The van der Waals surface area contributed by atoms with Crippen molar-refractivity contribution in [1.82, 2.24) is 30.9 Å². The number of hydrogen-bond donors (Lipinski definition) is 5. The molecular weight excluding hydrogens is 761 g/mol. The van der Waals surface area contributed by atoms with E-state index in [9.17, 15) is 27.6 Å². The van der Waals surface area contributed by atoms with E-state index in [4.69, 9.17) is 16.3 Å². The molecule has 0 aliphatic heterocycles. The topological polar surface area (TPSA) is 159 Å². The summed E-state index contributed by atoms with van der Waals surface area (Å²) >= 11 is 6.04. The second-order valence-corrected chi connectivity index (χ2v) is 14.8. The number of anilines is 3. The van der Waals surface area contributed by atoms with Crippen LogP contribution in [-0.2, 0) is 21.7 Å². The van der Waals surface area contributed by atoms with Crippen LogP contribution in [0.1, 0.15) is 48.2 Å². The van der Waals surface area contributed by atoms with Gasteiger partial charge in [-0.1, -0.05) is 92.2 Å². The monoisotopic (exact) mass is 800 g/mol. The summed E-state index contributed by atoms with van der Waals surface area (Å²) < 4.78 is 43.8. The third kappa shape index (κ3) is 11.4. The van der Waals surface area contributed by atoms with E-state index in [-0.39, 0.29) is 37.4 Å². The Bertz CT molecular complexity index is 2200. The van der Waals surface area contributed by atoms with Crippen molar-refractivity contribution in [2.45, 2.75) is 44.9 Å². The fourth-order valence-corrected chi connectivity index (χ4v) is 5.95. The first-order valence-electron chi connectivity index (χ1n) is 18.0. The van der Waals surface area contributed by atoms with Crippen molar-refractivity contribution in [3.63, 3.8) is 0 Å². The van der Waals surface area contributed by atoms with Gasteiger partial charge < -0.3 is 31.3 Å². The van der Waals surface area contributed by atoms with E-state index in [0.717, 1.165) is 35.1 Å². The zero-order chi connectivity index (χ0) is 40.6. The predicted octanol–water partition coefficient (Wildman–Crippen LogP) is 7.17. The number of ether oxygens (including phenoxy) is 1. The number of benzene rings is 4. The molecule has 4 aromatic carbocycles. The van der Waals surface area contributed by atoms with Crippen LogP contribution in [0.4, 0.5) is 30.8 Å². The third-order valence-electron chi connectivity index (χ3n) is 9.08. The molecule has 0 saturated heterocycles. The second kappa shape index (κ2) is 17.3. The summed E-state index contributed by atoms with van der Waals surface area (Å²) in [5.74, 6) is -2.02. The molecule has 296 valence electrons. The molecule has 1 heterocycles. The molecule has 3 amide bonds. The van der Waals surface area contributed by atoms with Gasteiger partial charge in [0.2, 0.25) is 11.9 Å². The summed E-state index contributed by atoms with van der Waals surface area (Å²) in [6.07, 6.45) is -3.14. The maximum Gasteiger partial charge on any atom is 0.422 e. The Labute approximate surface area is 332 Å². The number of alkyl halides is 3. The van der Waals surface area contributed by atoms with Crippen LogP contribution < -0.4 is 31.3 Å². The smallest absolute Gasteiger partial charge is 0.422 e. The van der Waals surface area contributed by atoms with Gasteiger partial charge in [-0.05, 0) is 76.9 Å². The summed E-state index contributed by atoms with van der Waals surface area (Å²) in [6, 6.07) is 30.3. The standard InChI is InChI=1S/C41H40ClF3N8O4/c1-39(2,24-48-35(56)34(55)46-22-28-10-6-7-11-32(28)26-8-4-3-5-9-26)23-47-33(54)27-12-18-31(19-13-27)49-36-50-37(52-38(51-36)57-25-41(43,44)45)53-40(20-21-40)29-14-16-30(42)17-15-29/h3-19H,20-25H2,1-2H3,(H,46,55)(H,47,54)(H,48,56)(H2,49,50,51,52,53). The highest BCUT2D eigenvalue weighted by Gasteiger charge is 2.45. The molecule has 0 atom stereocenters. The van der Waals surface area contributed by atoms with E-state index in [0.29, 0.717) is 16.3 Å². The predicted molar refractivity (Wildman–Crippen MR) is 210 cm³/mol. The minimum Gasteiger partial charge on any atom is -0.454 e. The van der Waals surface area contributed by atoms with Gasteiger partial charge in [0.15, 0.2) is 6.61 Å². The van der Waals surface area contributed by atoms with Crippen LogP contribution in [0.25, 0.3) is 11.1 Å². The van der Waals surface area contributed by atoms with Crippen molar-refractivity contribution in [2.75, 3.05) is 30.3 Å². The van der Waals surface area contributed by atoms with Crippen molar-refractivity contribution in [3.8, 4) is 17.1 Å². The first-order chi connectivity index (χ1) is 27.2. The van der Waals surface area contributed by atoms with Gasteiger partial charge in [0.05, 0.1) is 5.54 Å². The molecule has 5 N–H and O–H groups in total. The molecule has 12 nitrogen and oxygen atoms in total. The molecule has 57 heavy (non-hydrogen) atoms. The van der Waals surface area contributed by atoms with Crippen LogP contribution in [0.2, 0.25) is 5.02 Å². The molecule has 5 aromatic rings. The van der Waals surface area contributed by atoms with Gasteiger partial charge in [-0.3, -0.25) is 14.4 Å². The molecule has 0 spiro atoms. The summed E-state index contributed by atoms with van der Waals surface area (Å²) in [6.45, 7) is 2.53. The SMILES string of the molecule is CC(C)(CNC(=O)C(=O)NCc1ccccc1-c1ccccc1)CNC(=O)c1ccc(Nc2nc(NC3(c4ccc(Cl)cc4)CC3)nc(OCC(F)(F)F)n2)cc1. The average Bonchev–Trinajstić information content (AvgIpc) is 3.98. The van der Waals surface area contributed by atoms with Gasteiger partial charge in [0.1, 0.15) is 0 Å². The number of halogens is 4. The van der Waals surface area contributed by atoms with E-state index in [2.05, 4.69) is 41.5 Å². The second-order valence-electron chi connectivity index (χ2n) is 14.3. The van der Waals surface area contributed by atoms with E-state index < -0.39 is 41.6 Å². The normalized spacial score (nSPS) is 13.2. The van der Waals surface area contributed by atoms with Crippen LogP contribution in [0.5, 0.6) is 6.01 Å². The average molecular weight is 801 g/mol. The zero-order valence-electron chi connectivity index (χ0n) is 31.0. The van der Waals surface area contributed by atoms with Crippen LogP contribution in [0.15, 0.2) is 103 Å². The Morgan fingerprint density at radius 1 is 0.754 bits per heavy atom. The quantitative estimate of drug-likeness (QED) is 0.0693. The lowest BCUT2D eigenvalue weighted by molar-refractivity contribution is -0.154. The van der Waals surface area contributed by atoms with Crippen LogP contribution in [0, 0.1) is 5.41 Å². The largest absolute Gasteiger partial charge is 0.454 e. The Balaban J connectivity index is 1.01. The molecule has 0 unspecified atom stereocenters. The van der Waals surface area contributed by atoms with E-state index in [1.54, 1.807) is 36.4 Å². The summed E-state index contributed by atoms with van der Waals surface area (Å²) in [5.41, 5.74) is 3.36. The Kier molecular flexibility index (Phi) is 12.3. The van der Waals surface area contributed by atoms with Gasteiger partial charge in [0, 0.05) is 35.9 Å². The fraction of sp³-hybridized carbons (Fsp3) is 0.268. The van der Waals surface area contributed by atoms with Gasteiger partial charge in [0.25, 0.3) is 5.91 Å². The zero-order valence-corrected chi connectivity index (χ0v) is 31.8. The molecule has 16 heteroatoms. The van der Waals surface area contributed by atoms with Gasteiger partial charge >= 0.3 is 24.0 Å². The minimum absolute atomic E-state index is 0.0113. The van der Waals surface area contributed by atoms with Gasteiger partial charge in [-0.2, -0.15) is 28.1 Å². The maximum absolute atomic E-state index is 13.0. The summed E-state index contributed by atoms with van der Waals surface area (Å²) in [5, 5.41) is 14.9. The highest BCUT2D eigenvalue weighted by Crippen LogP contribution is 2.48. The molecule has 1 saturated carbocycles. The van der Waals surface area contributed by atoms with E-state index >= 15 is 0 Å². The van der Waals surface area contributed by atoms with Crippen molar-refractivity contribution in [1.29, 1.82) is 0 Å². The number of amides is 3. The molecule has 1 aliphatic rings. The number of nitrogens with one attached hydrogen (secondary N) is 5. The highest BCUT2D eigenvalue weighted by atomic mass is 35.5.